The predicted molar refractivity (Wildman–Crippen MR) is 112 cm³/mol. The average Bonchev–Trinajstić information content (AvgIpc) is 2.63. The largest absolute Gasteiger partial charge is 0.325 e. The highest BCUT2D eigenvalue weighted by atomic mass is 32.2. The van der Waals surface area contributed by atoms with Crippen LogP contribution in [0.5, 0.6) is 0 Å². The lowest BCUT2D eigenvalue weighted by Crippen LogP contribution is -2.33. The minimum Gasteiger partial charge on any atom is -0.325 e. The summed E-state index contributed by atoms with van der Waals surface area (Å²) in [5, 5.41) is 2.56. The van der Waals surface area contributed by atoms with Crippen LogP contribution in [0.3, 0.4) is 0 Å². The molecular formula is C20H26N2O3S2. The molecule has 0 saturated carbocycles. The first-order valence-electron chi connectivity index (χ1n) is 8.73. The van der Waals surface area contributed by atoms with Crippen molar-refractivity contribution >= 4 is 33.4 Å². The zero-order valence-corrected chi connectivity index (χ0v) is 17.9. The van der Waals surface area contributed by atoms with Crippen molar-refractivity contribution in [3.63, 3.8) is 0 Å². The first kappa shape index (κ1) is 21.5. The molecule has 2 aromatic rings. The summed E-state index contributed by atoms with van der Waals surface area (Å²) in [6.07, 6.45) is 0. The molecule has 2 aromatic carbocycles. The van der Waals surface area contributed by atoms with Gasteiger partial charge in [-0.1, -0.05) is 17.7 Å². The molecule has 0 aliphatic carbocycles. The van der Waals surface area contributed by atoms with Gasteiger partial charge >= 0.3 is 0 Å². The summed E-state index contributed by atoms with van der Waals surface area (Å²) in [4.78, 5) is 13.6. The fraction of sp³-hybridized carbons (Fsp3) is 0.350. The summed E-state index contributed by atoms with van der Waals surface area (Å²) in [6, 6.07) is 14.1. The van der Waals surface area contributed by atoms with Gasteiger partial charge in [-0.05, 0) is 64.1 Å². The first-order valence-corrected chi connectivity index (χ1v) is 11.1. The van der Waals surface area contributed by atoms with Crippen LogP contribution in [-0.2, 0) is 14.8 Å². The highest BCUT2D eigenvalue weighted by Crippen LogP contribution is 2.25. The van der Waals surface area contributed by atoms with Gasteiger partial charge in [0.1, 0.15) is 0 Å². The maximum Gasteiger partial charge on any atom is 0.243 e. The summed E-state index contributed by atoms with van der Waals surface area (Å²) in [5.41, 5.74) is 1.75. The smallest absolute Gasteiger partial charge is 0.243 e. The average molecular weight is 407 g/mol. The van der Waals surface area contributed by atoms with Crippen molar-refractivity contribution in [2.24, 2.45) is 0 Å². The van der Waals surface area contributed by atoms with Crippen LogP contribution < -0.4 is 5.32 Å². The second kappa shape index (κ2) is 8.91. The van der Waals surface area contributed by atoms with Crippen LogP contribution in [0.25, 0.3) is 0 Å². The number of carbonyl (C=O) groups is 1. The lowest BCUT2D eigenvalue weighted by Gasteiger charge is -2.21. The minimum absolute atomic E-state index is 0.129. The topological polar surface area (TPSA) is 66.5 Å². The number of hydrogen-bond acceptors (Lipinski definition) is 4. The lowest BCUT2D eigenvalue weighted by molar-refractivity contribution is -0.115. The van der Waals surface area contributed by atoms with E-state index < -0.39 is 10.0 Å². The van der Waals surface area contributed by atoms with Gasteiger partial charge in [-0.2, -0.15) is 4.31 Å². The Labute approximate surface area is 166 Å². The first-order chi connectivity index (χ1) is 12.6. The van der Waals surface area contributed by atoms with Crippen LogP contribution >= 0.6 is 11.8 Å². The van der Waals surface area contributed by atoms with Gasteiger partial charge in [0.15, 0.2) is 0 Å². The molecule has 146 valence electrons. The molecule has 7 heteroatoms. The van der Waals surface area contributed by atoms with Crippen LogP contribution in [0.15, 0.2) is 58.3 Å². The van der Waals surface area contributed by atoms with E-state index in [1.165, 1.54) is 33.8 Å². The normalized spacial score (nSPS) is 13.0. The third kappa shape index (κ3) is 5.57. The molecule has 0 aromatic heterocycles. The van der Waals surface area contributed by atoms with Crippen molar-refractivity contribution in [1.82, 2.24) is 4.31 Å². The van der Waals surface area contributed by atoms with Crippen LogP contribution in [0.4, 0.5) is 5.69 Å². The van der Waals surface area contributed by atoms with Crippen molar-refractivity contribution in [2.45, 2.75) is 48.8 Å². The van der Waals surface area contributed by atoms with E-state index in [1.54, 1.807) is 19.2 Å². The van der Waals surface area contributed by atoms with Gasteiger partial charge in [-0.3, -0.25) is 4.79 Å². The molecule has 0 saturated heterocycles. The SMILES string of the molecule is Cc1ccc(S[C@H](C)C(=O)Nc2ccc(S(=O)(=O)N(C)C(C)C)cc2)cc1. The standard InChI is InChI=1S/C20H26N2O3S2/c1-14(2)22(5)27(24,25)19-12-8-17(9-13-19)21-20(23)16(4)26-18-10-6-15(3)7-11-18/h6-14,16H,1-5H3,(H,21,23)/t16-/m1/s1. The van der Waals surface area contributed by atoms with Crippen molar-refractivity contribution in [2.75, 3.05) is 12.4 Å². The highest BCUT2D eigenvalue weighted by molar-refractivity contribution is 8.00. The monoisotopic (exact) mass is 406 g/mol. The summed E-state index contributed by atoms with van der Waals surface area (Å²) < 4.78 is 26.3. The van der Waals surface area contributed by atoms with Crippen molar-refractivity contribution in [3.8, 4) is 0 Å². The third-order valence-electron chi connectivity index (χ3n) is 4.23. The number of aryl methyl sites for hydroxylation is 1. The van der Waals surface area contributed by atoms with Crippen molar-refractivity contribution < 1.29 is 13.2 Å². The molecule has 5 nitrogen and oxygen atoms in total. The fourth-order valence-corrected chi connectivity index (χ4v) is 4.51. The molecule has 1 N–H and O–H groups in total. The lowest BCUT2D eigenvalue weighted by atomic mass is 10.2. The predicted octanol–water partition coefficient (Wildman–Crippen LogP) is 4.14. The number of hydrogen-bond donors (Lipinski definition) is 1. The molecular weight excluding hydrogens is 380 g/mol. The molecule has 2 rings (SSSR count). The maximum absolute atomic E-state index is 12.5. The Morgan fingerprint density at radius 3 is 2.07 bits per heavy atom. The minimum atomic E-state index is -3.53. The van der Waals surface area contributed by atoms with E-state index in [0.717, 1.165) is 4.90 Å². The highest BCUT2D eigenvalue weighted by Gasteiger charge is 2.23. The number of sulfonamides is 1. The number of anilines is 1. The number of nitrogens with one attached hydrogen (secondary N) is 1. The van der Waals surface area contributed by atoms with Crippen LogP contribution in [0, 0.1) is 6.92 Å². The number of nitrogens with zero attached hydrogens (tertiary/aromatic N) is 1. The number of thioether (sulfide) groups is 1. The molecule has 0 bridgehead atoms. The van der Waals surface area contributed by atoms with E-state index in [0.29, 0.717) is 5.69 Å². The van der Waals surface area contributed by atoms with Crippen LogP contribution in [0.1, 0.15) is 26.3 Å². The Morgan fingerprint density at radius 1 is 1.00 bits per heavy atom. The summed E-state index contributed by atoms with van der Waals surface area (Å²) in [5.74, 6) is -0.129. The van der Waals surface area contributed by atoms with Gasteiger partial charge < -0.3 is 5.32 Å². The Morgan fingerprint density at radius 2 is 1.56 bits per heavy atom. The zero-order valence-electron chi connectivity index (χ0n) is 16.3. The van der Waals surface area contributed by atoms with E-state index in [2.05, 4.69) is 5.32 Å². The molecule has 0 aliphatic rings. The quantitative estimate of drug-likeness (QED) is 0.702. The van der Waals surface area contributed by atoms with E-state index in [9.17, 15) is 13.2 Å². The van der Waals surface area contributed by atoms with Gasteiger partial charge in [-0.25, -0.2) is 8.42 Å². The van der Waals surface area contributed by atoms with E-state index in [1.807, 2.05) is 52.0 Å². The molecule has 1 atom stereocenters. The van der Waals surface area contributed by atoms with Crippen molar-refractivity contribution in [1.29, 1.82) is 0 Å². The van der Waals surface area contributed by atoms with E-state index in [4.69, 9.17) is 0 Å². The van der Waals surface area contributed by atoms with E-state index in [-0.39, 0.29) is 22.1 Å². The fourth-order valence-electron chi connectivity index (χ4n) is 2.27. The Kier molecular flexibility index (Phi) is 7.08. The summed E-state index contributed by atoms with van der Waals surface area (Å²) >= 11 is 1.48. The Hall–Kier alpha value is -1.83. The number of amides is 1. The second-order valence-electron chi connectivity index (χ2n) is 6.70. The van der Waals surface area contributed by atoms with Gasteiger partial charge in [-0.15, -0.1) is 11.8 Å². The molecule has 0 radical (unpaired) electrons. The molecule has 27 heavy (non-hydrogen) atoms. The number of rotatable bonds is 7. The molecule has 0 fully saturated rings. The maximum atomic E-state index is 12.5. The zero-order chi connectivity index (χ0) is 20.2. The molecule has 1 amide bonds. The third-order valence-corrected chi connectivity index (χ3v) is 7.39. The molecule has 0 spiro atoms. The van der Waals surface area contributed by atoms with Gasteiger partial charge in [0, 0.05) is 23.7 Å². The summed E-state index contributed by atoms with van der Waals surface area (Å²) in [7, 11) is -1.97. The van der Waals surface area contributed by atoms with Crippen LogP contribution in [0.2, 0.25) is 0 Å². The van der Waals surface area contributed by atoms with Gasteiger partial charge in [0.25, 0.3) is 0 Å². The number of benzene rings is 2. The van der Waals surface area contributed by atoms with Gasteiger partial charge in [0.05, 0.1) is 10.1 Å². The summed E-state index contributed by atoms with van der Waals surface area (Å²) in [6.45, 7) is 7.50. The van der Waals surface area contributed by atoms with Gasteiger partial charge in [0.2, 0.25) is 15.9 Å². The molecule has 0 unspecified atom stereocenters. The van der Waals surface area contributed by atoms with Crippen molar-refractivity contribution in [3.05, 3.63) is 54.1 Å². The Bertz CT molecular complexity index is 876. The molecule has 0 heterocycles. The van der Waals surface area contributed by atoms with E-state index >= 15 is 0 Å². The molecule has 0 aliphatic heterocycles. The number of carbonyl (C=O) groups excluding carboxylic acids is 1. The van der Waals surface area contributed by atoms with Crippen LogP contribution in [-0.4, -0.2) is 37.0 Å². The Balaban J connectivity index is 2.03. The second-order valence-corrected chi connectivity index (χ2v) is 10.1.